The Labute approximate surface area is 116 Å². The molecule has 1 atom stereocenters. The minimum absolute atomic E-state index is 0.106. The van der Waals surface area contributed by atoms with Gasteiger partial charge in [0, 0.05) is 12.2 Å². The van der Waals surface area contributed by atoms with Crippen LogP contribution in [0.15, 0.2) is 24.3 Å². The first-order valence-corrected chi connectivity index (χ1v) is 7.29. The van der Waals surface area contributed by atoms with Crippen molar-refractivity contribution in [1.29, 1.82) is 0 Å². The molecule has 0 aliphatic carbocycles. The van der Waals surface area contributed by atoms with Crippen LogP contribution in [0.4, 0.5) is 5.69 Å². The van der Waals surface area contributed by atoms with Crippen LogP contribution in [-0.4, -0.2) is 30.4 Å². The van der Waals surface area contributed by atoms with E-state index in [4.69, 9.17) is 0 Å². The molecule has 2 rings (SSSR count). The number of nitrogens with zero attached hydrogens (tertiary/aromatic N) is 1. The van der Waals surface area contributed by atoms with Gasteiger partial charge in [0.05, 0.1) is 6.54 Å². The zero-order valence-corrected chi connectivity index (χ0v) is 12.0. The highest BCUT2D eigenvalue weighted by atomic mass is 16.2. The van der Waals surface area contributed by atoms with E-state index in [1.165, 1.54) is 18.4 Å². The largest absolute Gasteiger partial charge is 0.325 e. The van der Waals surface area contributed by atoms with Gasteiger partial charge in [-0.15, -0.1) is 0 Å². The van der Waals surface area contributed by atoms with E-state index in [1.807, 2.05) is 18.2 Å². The Morgan fingerprint density at radius 1 is 1.42 bits per heavy atom. The molecule has 0 aromatic heterocycles. The van der Waals surface area contributed by atoms with Gasteiger partial charge in [-0.2, -0.15) is 0 Å². The van der Waals surface area contributed by atoms with Crippen molar-refractivity contribution in [2.24, 2.45) is 5.92 Å². The lowest BCUT2D eigenvalue weighted by molar-refractivity contribution is -0.117. The first-order chi connectivity index (χ1) is 9.19. The van der Waals surface area contributed by atoms with Crippen LogP contribution in [0, 0.1) is 5.92 Å². The van der Waals surface area contributed by atoms with E-state index in [0.29, 0.717) is 12.5 Å². The Morgan fingerprint density at radius 3 is 2.95 bits per heavy atom. The Morgan fingerprint density at radius 2 is 2.21 bits per heavy atom. The molecule has 3 nitrogen and oxygen atoms in total. The number of carbonyl (C=O) groups is 1. The fourth-order valence-electron chi connectivity index (χ4n) is 2.77. The lowest BCUT2D eigenvalue weighted by Gasteiger charge is -2.30. The molecule has 0 saturated carbocycles. The van der Waals surface area contributed by atoms with Gasteiger partial charge in [-0.1, -0.05) is 32.0 Å². The molecule has 0 spiro atoms. The van der Waals surface area contributed by atoms with Crippen LogP contribution in [0.25, 0.3) is 0 Å². The van der Waals surface area contributed by atoms with Crippen molar-refractivity contribution in [2.45, 2.75) is 33.1 Å². The monoisotopic (exact) mass is 260 g/mol. The average molecular weight is 260 g/mol. The summed E-state index contributed by atoms with van der Waals surface area (Å²) < 4.78 is 0. The lowest BCUT2D eigenvalue weighted by Crippen LogP contribution is -2.39. The van der Waals surface area contributed by atoms with E-state index in [-0.39, 0.29) is 5.91 Å². The smallest absolute Gasteiger partial charge is 0.238 e. The van der Waals surface area contributed by atoms with E-state index in [9.17, 15) is 4.79 Å². The second kappa shape index (κ2) is 6.71. The number of nitrogens with one attached hydrogen (secondary N) is 1. The molecule has 1 fully saturated rings. The van der Waals surface area contributed by atoms with Gasteiger partial charge < -0.3 is 5.32 Å². The first kappa shape index (κ1) is 14.1. The number of rotatable bonds is 4. The molecule has 1 aromatic rings. The summed E-state index contributed by atoms with van der Waals surface area (Å²) in [5.41, 5.74) is 2.16. The van der Waals surface area contributed by atoms with Gasteiger partial charge in [-0.3, -0.25) is 9.69 Å². The Balaban J connectivity index is 1.90. The second-order valence-electron chi connectivity index (χ2n) is 5.54. The molecule has 0 bridgehead atoms. The molecule has 1 N–H and O–H groups in total. The van der Waals surface area contributed by atoms with Gasteiger partial charge in [-0.25, -0.2) is 0 Å². The van der Waals surface area contributed by atoms with Crippen LogP contribution in [0.1, 0.15) is 32.3 Å². The Hall–Kier alpha value is -1.35. The molecule has 1 heterocycles. The maximum atomic E-state index is 12.1. The summed E-state index contributed by atoms with van der Waals surface area (Å²) in [4.78, 5) is 14.4. The van der Waals surface area contributed by atoms with E-state index < -0.39 is 0 Å². The van der Waals surface area contributed by atoms with Gasteiger partial charge in [0.1, 0.15) is 0 Å². The molecule has 0 unspecified atom stereocenters. The van der Waals surface area contributed by atoms with Gasteiger partial charge in [0.2, 0.25) is 5.91 Å². The molecule has 104 valence electrons. The van der Waals surface area contributed by atoms with E-state index in [2.05, 4.69) is 30.1 Å². The number of amides is 1. The predicted molar refractivity (Wildman–Crippen MR) is 79.3 cm³/mol. The molecule has 1 amide bonds. The highest BCUT2D eigenvalue weighted by Gasteiger charge is 2.18. The van der Waals surface area contributed by atoms with Gasteiger partial charge in [0.15, 0.2) is 0 Å². The minimum atomic E-state index is 0.106. The maximum absolute atomic E-state index is 12.1. The molecule has 0 radical (unpaired) electrons. The fourth-order valence-corrected chi connectivity index (χ4v) is 2.77. The summed E-state index contributed by atoms with van der Waals surface area (Å²) in [6, 6.07) is 8.03. The summed E-state index contributed by atoms with van der Waals surface area (Å²) in [7, 11) is 0. The quantitative estimate of drug-likeness (QED) is 0.902. The van der Waals surface area contributed by atoms with Crippen LogP contribution in [0.3, 0.4) is 0 Å². The number of para-hydroxylation sites is 1. The van der Waals surface area contributed by atoms with Crippen LogP contribution >= 0.6 is 0 Å². The standard InChI is InChI=1S/C16H24N2O/c1-3-14-8-4-5-9-15(14)17-16(19)12-18-10-6-7-13(2)11-18/h4-5,8-9,13H,3,6-7,10-12H2,1-2H3,(H,17,19)/t13-/m0/s1. The fraction of sp³-hybridized carbons (Fsp3) is 0.562. The summed E-state index contributed by atoms with van der Waals surface area (Å²) in [6.45, 7) is 6.98. The summed E-state index contributed by atoms with van der Waals surface area (Å²) >= 11 is 0. The number of carbonyl (C=O) groups excluding carboxylic acids is 1. The number of aryl methyl sites for hydroxylation is 1. The normalized spacial score (nSPS) is 20.2. The molecular weight excluding hydrogens is 236 g/mol. The maximum Gasteiger partial charge on any atom is 0.238 e. The van der Waals surface area contributed by atoms with Crippen LogP contribution < -0.4 is 5.32 Å². The molecule has 1 aromatic carbocycles. The van der Waals surface area contributed by atoms with Gasteiger partial charge in [-0.05, 0) is 43.4 Å². The van der Waals surface area contributed by atoms with Crippen LogP contribution in [0.2, 0.25) is 0 Å². The van der Waals surface area contributed by atoms with E-state index in [0.717, 1.165) is 25.2 Å². The minimum Gasteiger partial charge on any atom is -0.325 e. The number of anilines is 1. The SMILES string of the molecule is CCc1ccccc1NC(=O)CN1CCC[C@H](C)C1. The van der Waals surface area contributed by atoms with Gasteiger partial charge >= 0.3 is 0 Å². The zero-order valence-electron chi connectivity index (χ0n) is 12.0. The molecule has 3 heteroatoms. The van der Waals surface area contributed by atoms with Crippen LogP contribution in [0.5, 0.6) is 0 Å². The summed E-state index contributed by atoms with van der Waals surface area (Å²) in [6.07, 6.45) is 3.44. The Kier molecular flexibility index (Phi) is 4.97. The summed E-state index contributed by atoms with van der Waals surface area (Å²) in [5.74, 6) is 0.819. The number of piperidine rings is 1. The number of hydrogen-bond donors (Lipinski definition) is 1. The molecule has 19 heavy (non-hydrogen) atoms. The van der Waals surface area contributed by atoms with Crippen molar-refractivity contribution in [1.82, 2.24) is 4.90 Å². The third-order valence-electron chi connectivity index (χ3n) is 3.78. The topological polar surface area (TPSA) is 32.3 Å². The average Bonchev–Trinajstić information content (AvgIpc) is 2.39. The highest BCUT2D eigenvalue weighted by molar-refractivity contribution is 5.93. The summed E-state index contributed by atoms with van der Waals surface area (Å²) in [5, 5.41) is 3.04. The van der Waals surface area contributed by atoms with Crippen LogP contribution in [-0.2, 0) is 11.2 Å². The van der Waals surface area contributed by atoms with Crippen molar-refractivity contribution in [3.63, 3.8) is 0 Å². The molecular formula is C16H24N2O. The van der Waals surface area contributed by atoms with Crippen molar-refractivity contribution in [3.05, 3.63) is 29.8 Å². The second-order valence-corrected chi connectivity index (χ2v) is 5.54. The van der Waals surface area contributed by atoms with Crippen molar-refractivity contribution in [2.75, 3.05) is 25.0 Å². The first-order valence-electron chi connectivity index (χ1n) is 7.29. The van der Waals surface area contributed by atoms with Crippen molar-refractivity contribution >= 4 is 11.6 Å². The highest BCUT2D eigenvalue weighted by Crippen LogP contribution is 2.17. The zero-order chi connectivity index (χ0) is 13.7. The molecule has 1 aliphatic rings. The lowest BCUT2D eigenvalue weighted by atomic mass is 10.0. The van der Waals surface area contributed by atoms with E-state index >= 15 is 0 Å². The van der Waals surface area contributed by atoms with E-state index in [1.54, 1.807) is 0 Å². The third kappa shape index (κ3) is 4.06. The number of likely N-dealkylation sites (tertiary alicyclic amines) is 1. The predicted octanol–water partition coefficient (Wildman–Crippen LogP) is 2.92. The van der Waals surface area contributed by atoms with Crippen molar-refractivity contribution in [3.8, 4) is 0 Å². The third-order valence-corrected chi connectivity index (χ3v) is 3.78. The van der Waals surface area contributed by atoms with Gasteiger partial charge in [0.25, 0.3) is 0 Å². The number of benzene rings is 1. The molecule has 1 aliphatic heterocycles. The Bertz CT molecular complexity index is 431. The van der Waals surface area contributed by atoms with Crippen molar-refractivity contribution < 1.29 is 4.79 Å². The molecule has 1 saturated heterocycles. The number of hydrogen-bond acceptors (Lipinski definition) is 2.